The lowest BCUT2D eigenvalue weighted by Gasteiger charge is -1.92. The lowest BCUT2D eigenvalue weighted by atomic mass is 10.1. The van der Waals surface area contributed by atoms with Gasteiger partial charge in [0, 0.05) is 5.92 Å². The lowest BCUT2D eigenvalue weighted by Crippen LogP contribution is -1.84. The molecule has 3 heteroatoms. The second-order valence-electron chi connectivity index (χ2n) is 2.54. The van der Waals surface area contributed by atoms with E-state index in [0.717, 1.165) is 17.8 Å². The van der Waals surface area contributed by atoms with Gasteiger partial charge in [0.1, 0.15) is 11.4 Å². The summed E-state index contributed by atoms with van der Waals surface area (Å²) in [7, 11) is 0. The van der Waals surface area contributed by atoms with Crippen LogP contribution >= 0.6 is 0 Å². The van der Waals surface area contributed by atoms with E-state index < -0.39 is 0 Å². The summed E-state index contributed by atoms with van der Waals surface area (Å²) >= 11 is 0. The highest BCUT2D eigenvalue weighted by atomic mass is 16.6. The van der Waals surface area contributed by atoms with Crippen molar-refractivity contribution in [1.29, 1.82) is 0 Å². The molecular formula is C6H8N2O. The Bertz CT molecular complexity index is 219. The molecule has 48 valence electrons. The average Bonchev–Trinajstić information content (AvgIpc) is 2.35. The van der Waals surface area contributed by atoms with Crippen molar-refractivity contribution in [2.24, 2.45) is 0 Å². The van der Waals surface area contributed by atoms with E-state index >= 15 is 0 Å². The molecule has 0 amide bonds. The summed E-state index contributed by atoms with van der Waals surface area (Å²) in [5, 5.41) is 7.55. The third-order valence-corrected chi connectivity index (χ3v) is 1.87. The molecule has 0 bridgehead atoms. The molecule has 0 saturated heterocycles. The SMILES string of the molecule is C[C@@H]1CCc2nonc21. The minimum atomic E-state index is 0.561. The van der Waals surface area contributed by atoms with Crippen molar-refractivity contribution in [1.82, 2.24) is 10.3 Å². The molecule has 0 fully saturated rings. The fourth-order valence-corrected chi connectivity index (χ4v) is 1.25. The summed E-state index contributed by atoms with van der Waals surface area (Å²) in [4.78, 5) is 0. The van der Waals surface area contributed by atoms with Crippen LogP contribution in [0.2, 0.25) is 0 Å². The molecule has 1 aromatic rings. The summed E-state index contributed by atoms with van der Waals surface area (Å²) in [6.07, 6.45) is 2.22. The number of aryl methyl sites for hydroxylation is 1. The van der Waals surface area contributed by atoms with Crippen LogP contribution in [0.4, 0.5) is 0 Å². The van der Waals surface area contributed by atoms with Crippen molar-refractivity contribution in [2.45, 2.75) is 25.7 Å². The molecular weight excluding hydrogens is 116 g/mol. The largest absolute Gasteiger partial charge is 0.244 e. The van der Waals surface area contributed by atoms with Gasteiger partial charge in [-0.15, -0.1) is 0 Å². The highest BCUT2D eigenvalue weighted by molar-refractivity contribution is 5.18. The molecule has 0 radical (unpaired) electrons. The van der Waals surface area contributed by atoms with E-state index in [0.29, 0.717) is 5.92 Å². The van der Waals surface area contributed by atoms with Gasteiger partial charge in [-0.1, -0.05) is 17.2 Å². The molecule has 1 heterocycles. The first-order chi connectivity index (χ1) is 4.38. The van der Waals surface area contributed by atoms with Gasteiger partial charge in [-0.25, -0.2) is 4.63 Å². The zero-order valence-electron chi connectivity index (χ0n) is 5.29. The van der Waals surface area contributed by atoms with Crippen molar-refractivity contribution in [3.63, 3.8) is 0 Å². The minimum Gasteiger partial charge on any atom is -0.244 e. The standard InChI is InChI=1S/C6H8N2O/c1-4-2-3-5-6(4)8-9-7-5/h4H,2-3H2,1H3/t4-/m1/s1. The van der Waals surface area contributed by atoms with Crippen LogP contribution in [0.1, 0.15) is 30.7 Å². The third-order valence-electron chi connectivity index (χ3n) is 1.87. The fraction of sp³-hybridized carbons (Fsp3) is 0.667. The Kier molecular flexibility index (Phi) is 0.860. The molecule has 1 aromatic heterocycles. The molecule has 0 aromatic carbocycles. The van der Waals surface area contributed by atoms with Crippen LogP contribution in [0.15, 0.2) is 4.63 Å². The van der Waals surface area contributed by atoms with E-state index in [4.69, 9.17) is 0 Å². The molecule has 2 rings (SSSR count). The second-order valence-corrected chi connectivity index (χ2v) is 2.54. The maximum atomic E-state index is 4.56. The number of aromatic nitrogens is 2. The van der Waals surface area contributed by atoms with Crippen molar-refractivity contribution in [3.8, 4) is 0 Å². The topological polar surface area (TPSA) is 38.9 Å². The smallest absolute Gasteiger partial charge is 0.111 e. The number of rotatable bonds is 0. The fourth-order valence-electron chi connectivity index (χ4n) is 1.25. The van der Waals surface area contributed by atoms with Gasteiger partial charge in [-0.3, -0.25) is 0 Å². The lowest BCUT2D eigenvalue weighted by molar-refractivity contribution is 0.294. The van der Waals surface area contributed by atoms with E-state index in [1.54, 1.807) is 0 Å². The zero-order chi connectivity index (χ0) is 6.27. The van der Waals surface area contributed by atoms with Gasteiger partial charge in [-0.05, 0) is 12.8 Å². The van der Waals surface area contributed by atoms with Crippen molar-refractivity contribution in [3.05, 3.63) is 11.4 Å². The summed E-state index contributed by atoms with van der Waals surface area (Å²) < 4.78 is 4.56. The van der Waals surface area contributed by atoms with E-state index in [2.05, 4.69) is 21.9 Å². The molecule has 0 saturated carbocycles. The first-order valence-corrected chi connectivity index (χ1v) is 3.19. The van der Waals surface area contributed by atoms with E-state index in [-0.39, 0.29) is 0 Å². The quantitative estimate of drug-likeness (QED) is 0.520. The van der Waals surface area contributed by atoms with Crippen molar-refractivity contribution in [2.75, 3.05) is 0 Å². The van der Waals surface area contributed by atoms with Crippen molar-refractivity contribution >= 4 is 0 Å². The molecule has 9 heavy (non-hydrogen) atoms. The Morgan fingerprint density at radius 3 is 3.22 bits per heavy atom. The molecule has 1 aliphatic rings. The van der Waals surface area contributed by atoms with Crippen LogP contribution in [0.5, 0.6) is 0 Å². The normalized spacial score (nSPS) is 24.3. The summed E-state index contributed by atoms with van der Waals surface area (Å²) in [5.74, 6) is 0.561. The third kappa shape index (κ3) is 0.573. The Labute approximate surface area is 53.0 Å². The monoisotopic (exact) mass is 124 g/mol. The Hall–Kier alpha value is -0.860. The Balaban J connectivity index is 2.49. The van der Waals surface area contributed by atoms with Gasteiger partial charge in [0.25, 0.3) is 0 Å². The molecule has 0 aliphatic heterocycles. The molecule has 0 N–H and O–H groups in total. The predicted molar refractivity (Wildman–Crippen MR) is 31.0 cm³/mol. The number of hydrogen-bond acceptors (Lipinski definition) is 3. The average molecular weight is 124 g/mol. The van der Waals surface area contributed by atoms with E-state index in [1.165, 1.54) is 6.42 Å². The molecule has 3 nitrogen and oxygen atoms in total. The zero-order valence-corrected chi connectivity index (χ0v) is 5.29. The van der Waals surface area contributed by atoms with Gasteiger partial charge < -0.3 is 0 Å². The van der Waals surface area contributed by atoms with Crippen molar-refractivity contribution < 1.29 is 4.63 Å². The Morgan fingerprint density at radius 2 is 2.44 bits per heavy atom. The minimum absolute atomic E-state index is 0.561. The van der Waals surface area contributed by atoms with Gasteiger partial charge in [0.2, 0.25) is 0 Å². The van der Waals surface area contributed by atoms with Gasteiger partial charge >= 0.3 is 0 Å². The number of hydrogen-bond donors (Lipinski definition) is 0. The predicted octanol–water partition coefficient (Wildman–Crippen LogP) is 1.12. The van der Waals surface area contributed by atoms with Crippen LogP contribution in [-0.2, 0) is 6.42 Å². The van der Waals surface area contributed by atoms with E-state index in [9.17, 15) is 0 Å². The molecule has 1 atom stereocenters. The maximum Gasteiger partial charge on any atom is 0.111 e. The maximum absolute atomic E-state index is 4.56. The van der Waals surface area contributed by atoms with Gasteiger partial charge in [-0.2, -0.15) is 0 Å². The molecule has 1 aliphatic carbocycles. The van der Waals surface area contributed by atoms with Crippen LogP contribution in [0.3, 0.4) is 0 Å². The summed E-state index contributed by atoms with van der Waals surface area (Å²) in [6.45, 7) is 2.15. The highest BCUT2D eigenvalue weighted by Gasteiger charge is 2.23. The van der Waals surface area contributed by atoms with Crippen LogP contribution < -0.4 is 0 Å². The highest BCUT2D eigenvalue weighted by Crippen LogP contribution is 2.28. The van der Waals surface area contributed by atoms with Crippen LogP contribution in [-0.4, -0.2) is 10.3 Å². The summed E-state index contributed by atoms with van der Waals surface area (Å²) in [5.41, 5.74) is 2.12. The molecule has 0 unspecified atom stereocenters. The number of nitrogens with zero attached hydrogens (tertiary/aromatic N) is 2. The molecule has 0 spiro atoms. The first-order valence-electron chi connectivity index (χ1n) is 3.19. The Morgan fingerprint density at radius 1 is 1.56 bits per heavy atom. The summed E-state index contributed by atoms with van der Waals surface area (Å²) in [6, 6.07) is 0. The van der Waals surface area contributed by atoms with Crippen LogP contribution in [0, 0.1) is 0 Å². The second kappa shape index (κ2) is 1.56. The first kappa shape index (κ1) is 4.97. The van der Waals surface area contributed by atoms with Crippen LogP contribution in [0.25, 0.3) is 0 Å². The number of fused-ring (bicyclic) bond motifs is 1. The van der Waals surface area contributed by atoms with Gasteiger partial charge in [0.15, 0.2) is 0 Å². The van der Waals surface area contributed by atoms with E-state index in [1.807, 2.05) is 0 Å². The van der Waals surface area contributed by atoms with Gasteiger partial charge in [0.05, 0.1) is 0 Å².